The van der Waals surface area contributed by atoms with Crippen LogP contribution in [-0.4, -0.2) is 64.7 Å². The van der Waals surface area contributed by atoms with Gasteiger partial charge >= 0.3 is 0 Å². The van der Waals surface area contributed by atoms with Gasteiger partial charge in [0.2, 0.25) is 21.8 Å². The normalized spacial score (nSPS) is 12.0. The molecule has 1 N–H and O–H groups in total. The largest absolute Gasteiger partial charge is 0.493 e. The molecule has 1 atom stereocenters. The third-order valence-corrected chi connectivity index (χ3v) is 7.95. The van der Waals surface area contributed by atoms with Gasteiger partial charge in [0.1, 0.15) is 12.6 Å². The molecule has 0 aliphatic heterocycles. The van der Waals surface area contributed by atoms with Gasteiger partial charge in [-0.15, -0.1) is 0 Å². The smallest absolute Gasteiger partial charge is 0.244 e. The number of ether oxygens (including phenoxy) is 2. The number of halogens is 1. The van der Waals surface area contributed by atoms with Crippen molar-refractivity contribution < 1.29 is 27.5 Å². The highest BCUT2D eigenvalue weighted by Gasteiger charge is 2.33. The van der Waals surface area contributed by atoms with Gasteiger partial charge in [-0.3, -0.25) is 13.9 Å². The van der Waals surface area contributed by atoms with Crippen molar-refractivity contribution in [3.05, 3.63) is 88.9 Å². The molecule has 0 aliphatic rings. The topological polar surface area (TPSA) is 105 Å². The van der Waals surface area contributed by atoms with Crippen LogP contribution in [0.4, 0.5) is 5.69 Å². The van der Waals surface area contributed by atoms with E-state index in [-0.39, 0.29) is 30.5 Å². The first-order valence-electron chi connectivity index (χ1n) is 13.5. The molecule has 0 aliphatic carbocycles. The lowest BCUT2D eigenvalue weighted by Gasteiger charge is -2.33. The Kier molecular flexibility index (Phi) is 11.6. The molecular weight excluding hydrogens is 578 g/mol. The highest BCUT2D eigenvalue weighted by atomic mass is 35.5. The molecule has 11 heteroatoms. The van der Waals surface area contributed by atoms with E-state index in [1.807, 2.05) is 44.2 Å². The summed E-state index contributed by atoms with van der Waals surface area (Å²) in [6.45, 7) is 3.91. The summed E-state index contributed by atoms with van der Waals surface area (Å²) in [7, 11) is -1.01. The van der Waals surface area contributed by atoms with Gasteiger partial charge < -0.3 is 19.7 Å². The van der Waals surface area contributed by atoms with E-state index in [0.29, 0.717) is 23.1 Å². The molecule has 0 bridgehead atoms. The Morgan fingerprint density at radius 1 is 0.905 bits per heavy atom. The summed E-state index contributed by atoms with van der Waals surface area (Å²) in [6, 6.07) is 20.0. The number of anilines is 1. The number of amides is 2. The van der Waals surface area contributed by atoms with Gasteiger partial charge in [-0.1, -0.05) is 67.9 Å². The standard InChI is InChI=1S/C31H38ClN3O6S/c1-22(2)19-33-31(37)27(17-23-9-7-6-8-10-23)34(20-24-11-13-25(32)14-12-24)30(36)21-35(42(5,38)39)26-15-16-28(40-3)29(18-26)41-4/h6-16,18,22,27H,17,19-21H2,1-5H3,(H,33,37)/t27-/m1/s1. The summed E-state index contributed by atoms with van der Waals surface area (Å²) in [5, 5.41) is 3.49. The summed E-state index contributed by atoms with van der Waals surface area (Å²) >= 11 is 6.10. The Morgan fingerprint density at radius 2 is 1.55 bits per heavy atom. The molecule has 3 rings (SSSR count). The maximum Gasteiger partial charge on any atom is 0.244 e. The number of nitrogens with zero attached hydrogens (tertiary/aromatic N) is 2. The zero-order chi connectivity index (χ0) is 30.9. The molecule has 3 aromatic rings. The van der Waals surface area contributed by atoms with Crippen molar-refractivity contribution in [3.8, 4) is 11.5 Å². The van der Waals surface area contributed by atoms with Gasteiger partial charge in [-0.2, -0.15) is 0 Å². The third-order valence-electron chi connectivity index (χ3n) is 6.56. The molecule has 226 valence electrons. The maximum atomic E-state index is 14.2. The molecule has 3 aromatic carbocycles. The Labute approximate surface area is 253 Å². The van der Waals surface area contributed by atoms with Crippen LogP contribution >= 0.6 is 11.6 Å². The van der Waals surface area contributed by atoms with Crippen LogP contribution in [0.3, 0.4) is 0 Å². The minimum atomic E-state index is -3.92. The second-order valence-corrected chi connectivity index (χ2v) is 12.6. The van der Waals surface area contributed by atoms with Crippen LogP contribution in [0.15, 0.2) is 72.8 Å². The molecule has 0 aromatic heterocycles. The van der Waals surface area contributed by atoms with Crippen LogP contribution in [0.25, 0.3) is 0 Å². The lowest BCUT2D eigenvalue weighted by molar-refractivity contribution is -0.140. The lowest BCUT2D eigenvalue weighted by atomic mass is 10.0. The zero-order valence-corrected chi connectivity index (χ0v) is 26.1. The Balaban J connectivity index is 2.06. The minimum absolute atomic E-state index is 0.0616. The van der Waals surface area contributed by atoms with Crippen LogP contribution < -0.4 is 19.1 Å². The number of carbonyl (C=O) groups is 2. The molecule has 2 amide bonds. The highest BCUT2D eigenvalue weighted by Crippen LogP contribution is 2.32. The molecule has 0 radical (unpaired) electrons. The second kappa shape index (κ2) is 14.9. The number of methoxy groups -OCH3 is 2. The first kappa shape index (κ1) is 32.8. The number of rotatable bonds is 14. The molecule has 0 fully saturated rings. The Morgan fingerprint density at radius 3 is 2.12 bits per heavy atom. The van der Waals surface area contributed by atoms with Gasteiger partial charge in [-0.05, 0) is 41.3 Å². The predicted octanol–water partition coefficient (Wildman–Crippen LogP) is 4.54. The molecule has 9 nitrogen and oxygen atoms in total. The van der Waals surface area contributed by atoms with Crippen LogP contribution in [-0.2, 0) is 32.6 Å². The molecule has 42 heavy (non-hydrogen) atoms. The third kappa shape index (κ3) is 9.12. The van der Waals surface area contributed by atoms with Crippen molar-refractivity contribution in [1.82, 2.24) is 10.2 Å². The molecular formula is C31H38ClN3O6S. The van der Waals surface area contributed by atoms with E-state index in [4.69, 9.17) is 21.1 Å². The van der Waals surface area contributed by atoms with Crippen molar-refractivity contribution in [2.24, 2.45) is 5.92 Å². The number of hydrogen-bond donors (Lipinski definition) is 1. The quantitative estimate of drug-likeness (QED) is 0.286. The molecule has 0 saturated carbocycles. The van der Waals surface area contributed by atoms with E-state index in [1.165, 1.54) is 31.3 Å². The van der Waals surface area contributed by atoms with Gasteiger partial charge in [-0.25, -0.2) is 8.42 Å². The number of sulfonamides is 1. The number of nitrogens with one attached hydrogen (secondary N) is 1. The van der Waals surface area contributed by atoms with Crippen molar-refractivity contribution >= 4 is 39.1 Å². The molecule has 0 saturated heterocycles. The van der Waals surface area contributed by atoms with Gasteiger partial charge in [0.05, 0.1) is 26.2 Å². The number of hydrogen-bond acceptors (Lipinski definition) is 6. The van der Waals surface area contributed by atoms with E-state index in [9.17, 15) is 18.0 Å². The van der Waals surface area contributed by atoms with E-state index in [2.05, 4.69) is 5.32 Å². The molecule has 0 heterocycles. The predicted molar refractivity (Wildman–Crippen MR) is 166 cm³/mol. The van der Waals surface area contributed by atoms with Crippen molar-refractivity contribution in [2.75, 3.05) is 37.9 Å². The fourth-order valence-corrected chi connectivity index (χ4v) is 5.32. The Bertz CT molecular complexity index is 1450. The van der Waals surface area contributed by atoms with Gasteiger partial charge in [0, 0.05) is 30.6 Å². The summed E-state index contributed by atoms with van der Waals surface area (Å²) < 4.78 is 37.6. The lowest BCUT2D eigenvalue weighted by Crippen LogP contribution is -2.53. The van der Waals surface area contributed by atoms with E-state index in [0.717, 1.165) is 21.7 Å². The minimum Gasteiger partial charge on any atom is -0.493 e. The van der Waals surface area contributed by atoms with Crippen LogP contribution in [0.5, 0.6) is 11.5 Å². The van der Waals surface area contributed by atoms with Gasteiger partial charge in [0.25, 0.3) is 0 Å². The van der Waals surface area contributed by atoms with Crippen LogP contribution in [0.1, 0.15) is 25.0 Å². The van der Waals surface area contributed by atoms with Crippen molar-refractivity contribution in [2.45, 2.75) is 32.9 Å². The SMILES string of the molecule is COc1ccc(N(CC(=O)N(Cc2ccc(Cl)cc2)[C@H](Cc2ccccc2)C(=O)NCC(C)C)S(C)(=O)=O)cc1OC. The van der Waals surface area contributed by atoms with Crippen molar-refractivity contribution in [1.29, 1.82) is 0 Å². The number of benzene rings is 3. The van der Waals surface area contributed by atoms with Gasteiger partial charge in [0.15, 0.2) is 11.5 Å². The Hall–Kier alpha value is -3.76. The first-order valence-corrected chi connectivity index (χ1v) is 15.7. The van der Waals surface area contributed by atoms with E-state index >= 15 is 0 Å². The summed E-state index contributed by atoms with van der Waals surface area (Å²) in [5.74, 6) is 0.0366. The van der Waals surface area contributed by atoms with E-state index in [1.54, 1.807) is 30.3 Å². The highest BCUT2D eigenvalue weighted by molar-refractivity contribution is 7.92. The van der Waals surface area contributed by atoms with Crippen LogP contribution in [0.2, 0.25) is 5.02 Å². The zero-order valence-electron chi connectivity index (χ0n) is 24.5. The fourth-order valence-electron chi connectivity index (χ4n) is 4.36. The monoisotopic (exact) mass is 615 g/mol. The van der Waals surface area contributed by atoms with Crippen LogP contribution in [0, 0.1) is 5.92 Å². The maximum absolute atomic E-state index is 14.2. The fraction of sp³-hybridized carbons (Fsp3) is 0.355. The molecule has 0 unspecified atom stereocenters. The second-order valence-electron chi connectivity index (χ2n) is 10.3. The average Bonchev–Trinajstić information content (AvgIpc) is 2.96. The molecule has 0 spiro atoms. The number of carbonyl (C=O) groups excluding carboxylic acids is 2. The summed E-state index contributed by atoms with van der Waals surface area (Å²) in [6.07, 6.45) is 1.26. The summed E-state index contributed by atoms with van der Waals surface area (Å²) in [4.78, 5) is 29.3. The van der Waals surface area contributed by atoms with E-state index < -0.39 is 28.5 Å². The summed E-state index contributed by atoms with van der Waals surface area (Å²) in [5.41, 5.74) is 1.81. The first-order chi connectivity index (χ1) is 19.9. The van der Waals surface area contributed by atoms with Crippen molar-refractivity contribution in [3.63, 3.8) is 0 Å². The average molecular weight is 616 g/mol.